The van der Waals surface area contributed by atoms with Crippen molar-refractivity contribution in [2.45, 2.75) is 96.4 Å². The zero-order valence-electron chi connectivity index (χ0n) is 19.7. The van der Waals surface area contributed by atoms with Gasteiger partial charge < -0.3 is 20.5 Å². The monoisotopic (exact) mass is 428 g/mol. The number of ether oxygens (including phenoxy) is 1. The maximum absolute atomic E-state index is 12.6. The van der Waals surface area contributed by atoms with Crippen LogP contribution in [-0.4, -0.2) is 35.8 Å². The zero-order chi connectivity index (χ0) is 22.3. The third-order valence-electron chi connectivity index (χ3n) is 8.33. The molecule has 5 nitrogen and oxygen atoms in total. The lowest BCUT2D eigenvalue weighted by Crippen LogP contribution is -2.51. The van der Waals surface area contributed by atoms with Crippen molar-refractivity contribution in [1.29, 1.82) is 0 Å². The van der Waals surface area contributed by atoms with Crippen LogP contribution in [0.4, 0.5) is 0 Å². The highest BCUT2D eigenvalue weighted by Gasteiger charge is 2.61. The second-order valence-electron chi connectivity index (χ2n) is 11.3. The number of aliphatic hydroxyl groups is 1. The van der Waals surface area contributed by atoms with Gasteiger partial charge in [-0.15, -0.1) is 0 Å². The van der Waals surface area contributed by atoms with Crippen LogP contribution in [0.1, 0.15) is 77.7 Å². The molecule has 0 radical (unpaired) electrons. The smallest absolute Gasteiger partial charge is 0.220 e. The molecule has 0 aromatic heterocycles. The van der Waals surface area contributed by atoms with Crippen molar-refractivity contribution in [3.05, 3.63) is 29.8 Å². The predicted molar refractivity (Wildman–Crippen MR) is 123 cm³/mol. The first kappa shape index (κ1) is 22.6. The molecule has 1 aromatic carbocycles. The van der Waals surface area contributed by atoms with Crippen molar-refractivity contribution < 1.29 is 14.6 Å². The Morgan fingerprint density at radius 3 is 2.61 bits per heavy atom. The molecule has 3 aliphatic carbocycles. The zero-order valence-corrected chi connectivity index (χ0v) is 19.7. The molecule has 5 heteroatoms. The van der Waals surface area contributed by atoms with Gasteiger partial charge in [-0.05, 0) is 74.7 Å². The molecule has 3 saturated carbocycles. The lowest BCUT2D eigenvalue weighted by atomic mass is 9.57. The van der Waals surface area contributed by atoms with E-state index in [-0.39, 0.29) is 16.7 Å². The summed E-state index contributed by atoms with van der Waals surface area (Å²) in [6.07, 6.45) is 7.36. The average Bonchev–Trinajstić information content (AvgIpc) is 3.50. The summed E-state index contributed by atoms with van der Waals surface area (Å²) >= 11 is 0. The van der Waals surface area contributed by atoms with Gasteiger partial charge in [0.05, 0.1) is 12.7 Å². The first-order valence-electron chi connectivity index (χ1n) is 12.0. The molecule has 31 heavy (non-hydrogen) atoms. The van der Waals surface area contributed by atoms with Crippen LogP contribution in [0.25, 0.3) is 0 Å². The van der Waals surface area contributed by atoms with E-state index in [9.17, 15) is 9.90 Å². The Labute approximate surface area is 187 Å². The molecule has 0 heterocycles. The van der Waals surface area contributed by atoms with Crippen LogP contribution < -0.4 is 15.4 Å². The second kappa shape index (κ2) is 8.40. The van der Waals surface area contributed by atoms with Crippen LogP contribution in [0.5, 0.6) is 5.75 Å². The van der Waals surface area contributed by atoms with Gasteiger partial charge in [-0.25, -0.2) is 0 Å². The summed E-state index contributed by atoms with van der Waals surface area (Å²) in [5, 5.41) is 18.0. The first-order chi connectivity index (χ1) is 14.7. The fraction of sp³-hybridized carbons (Fsp3) is 0.731. The number of carbonyl (C=O) groups is 1. The number of amides is 1. The summed E-state index contributed by atoms with van der Waals surface area (Å²) in [7, 11) is 1.72. The topological polar surface area (TPSA) is 70.6 Å². The second-order valence-corrected chi connectivity index (χ2v) is 11.3. The number of hydrogen-bond acceptors (Lipinski definition) is 4. The average molecular weight is 429 g/mol. The largest absolute Gasteiger partial charge is 0.496 e. The van der Waals surface area contributed by atoms with Crippen LogP contribution in [-0.2, 0) is 11.3 Å². The normalized spacial score (nSPS) is 34.2. The molecule has 172 valence electrons. The van der Waals surface area contributed by atoms with Crippen molar-refractivity contribution >= 4 is 5.91 Å². The molecule has 3 N–H and O–H groups in total. The van der Waals surface area contributed by atoms with E-state index in [0.29, 0.717) is 24.4 Å². The minimum Gasteiger partial charge on any atom is -0.496 e. The van der Waals surface area contributed by atoms with Gasteiger partial charge in [0, 0.05) is 30.6 Å². The number of para-hydroxylation sites is 1. The molecule has 1 amide bonds. The molecule has 3 fully saturated rings. The van der Waals surface area contributed by atoms with E-state index in [0.717, 1.165) is 62.8 Å². The summed E-state index contributed by atoms with van der Waals surface area (Å²) in [6.45, 7) is 7.44. The summed E-state index contributed by atoms with van der Waals surface area (Å²) in [5.41, 5.74) is 0.708. The van der Waals surface area contributed by atoms with Crippen molar-refractivity contribution in [3.8, 4) is 5.75 Å². The van der Waals surface area contributed by atoms with Gasteiger partial charge in [0.25, 0.3) is 0 Å². The molecule has 4 rings (SSSR count). The van der Waals surface area contributed by atoms with E-state index < -0.39 is 5.60 Å². The van der Waals surface area contributed by atoms with Gasteiger partial charge >= 0.3 is 0 Å². The standard InChI is InChI=1S/C26H40N2O3/c1-24(2)16-22(27-17-18-7-5-6-8-20(18)31-4)26(12-11-23(29)28-19-9-10-19)14-13-25(3,30)15-21(24)26/h5-8,19,21-22,27,30H,9-17H2,1-4H3,(H,28,29)/t21-,22-,25-,26-/m0/s1. The van der Waals surface area contributed by atoms with E-state index in [1.165, 1.54) is 0 Å². The summed E-state index contributed by atoms with van der Waals surface area (Å²) in [6, 6.07) is 8.91. The van der Waals surface area contributed by atoms with Gasteiger partial charge in [-0.3, -0.25) is 4.79 Å². The minimum absolute atomic E-state index is 0.0364. The minimum atomic E-state index is -0.612. The van der Waals surface area contributed by atoms with E-state index in [1.54, 1.807) is 7.11 Å². The number of nitrogens with one attached hydrogen (secondary N) is 2. The van der Waals surface area contributed by atoms with Gasteiger partial charge in [0.15, 0.2) is 0 Å². The summed E-state index contributed by atoms with van der Waals surface area (Å²) < 4.78 is 5.56. The van der Waals surface area contributed by atoms with Crippen LogP contribution >= 0.6 is 0 Å². The quantitative estimate of drug-likeness (QED) is 0.581. The van der Waals surface area contributed by atoms with Gasteiger partial charge in [-0.2, -0.15) is 0 Å². The van der Waals surface area contributed by atoms with E-state index in [4.69, 9.17) is 4.74 Å². The van der Waals surface area contributed by atoms with Crippen LogP contribution in [0.2, 0.25) is 0 Å². The maximum atomic E-state index is 12.6. The maximum Gasteiger partial charge on any atom is 0.220 e. The Hall–Kier alpha value is -1.59. The molecule has 0 aliphatic heterocycles. The highest BCUT2D eigenvalue weighted by atomic mass is 16.5. The molecule has 0 spiro atoms. The molecule has 4 atom stereocenters. The van der Waals surface area contributed by atoms with E-state index in [1.807, 2.05) is 19.1 Å². The van der Waals surface area contributed by atoms with Crippen LogP contribution in [0.3, 0.4) is 0 Å². The number of benzene rings is 1. The molecule has 3 aliphatic rings. The van der Waals surface area contributed by atoms with Crippen molar-refractivity contribution in [2.24, 2.45) is 16.7 Å². The highest BCUT2D eigenvalue weighted by Crippen LogP contribution is 2.63. The fourth-order valence-electron chi connectivity index (χ4n) is 6.47. The molecule has 1 aromatic rings. The van der Waals surface area contributed by atoms with Crippen LogP contribution in [0, 0.1) is 16.7 Å². The lowest BCUT2D eigenvalue weighted by Gasteiger charge is -2.51. The van der Waals surface area contributed by atoms with E-state index in [2.05, 4.69) is 36.6 Å². The van der Waals surface area contributed by atoms with E-state index >= 15 is 0 Å². The Morgan fingerprint density at radius 1 is 1.16 bits per heavy atom. The Balaban J connectivity index is 1.55. The van der Waals surface area contributed by atoms with Crippen molar-refractivity contribution in [2.75, 3.05) is 7.11 Å². The predicted octanol–water partition coefficient (Wildman–Crippen LogP) is 4.18. The van der Waals surface area contributed by atoms with Crippen LogP contribution in [0.15, 0.2) is 24.3 Å². The van der Waals surface area contributed by atoms with Crippen molar-refractivity contribution in [1.82, 2.24) is 10.6 Å². The number of methoxy groups -OCH3 is 1. The van der Waals surface area contributed by atoms with Gasteiger partial charge in [-0.1, -0.05) is 32.0 Å². The number of carbonyl (C=O) groups excluding carboxylic acids is 1. The SMILES string of the molecule is COc1ccccc1CN[C@H]1CC(C)(C)[C@@H]2C[C@@](C)(O)CC[C@]12CCC(=O)NC1CC1. The summed E-state index contributed by atoms with van der Waals surface area (Å²) in [4.78, 5) is 12.6. The number of rotatable bonds is 8. The van der Waals surface area contributed by atoms with Gasteiger partial charge in [0.1, 0.15) is 5.75 Å². The molecular formula is C26H40N2O3. The lowest BCUT2D eigenvalue weighted by molar-refractivity contribution is -0.123. The number of fused-ring (bicyclic) bond motifs is 1. The highest BCUT2D eigenvalue weighted by molar-refractivity contribution is 5.76. The number of hydrogen-bond donors (Lipinski definition) is 3. The summed E-state index contributed by atoms with van der Waals surface area (Å²) in [5.74, 6) is 1.50. The fourth-order valence-corrected chi connectivity index (χ4v) is 6.47. The van der Waals surface area contributed by atoms with Gasteiger partial charge in [0.2, 0.25) is 5.91 Å². The third kappa shape index (κ3) is 4.78. The molecule has 0 unspecified atom stereocenters. The molecule has 0 saturated heterocycles. The Kier molecular flexibility index (Phi) is 6.12. The third-order valence-corrected chi connectivity index (χ3v) is 8.33. The first-order valence-corrected chi connectivity index (χ1v) is 12.0. The molecule has 0 bridgehead atoms. The Bertz CT molecular complexity index is 802. The Morgan fingerprint density at radius 2 is 1.90 bits per heavy atom. The van der Waals surface area contributed by atoms with Crippen molar-refractivity contribution in [3.63, 3.8) is 0 Å². The molecular weight excluding hydrogens is 388 g/mol.